The highest BCUT2D eigenvalue weighted by molar-refractivity contribution is 5.87. The van der Waals surface area contributed by atoms with Crippen molar-refractivity contribution in [3.8, 4) is 5.75 Å². The zero-order valence-corrected chi connectivity index (χ0v) is 14.5. The number of hydrogen-bond acceptors (Lipinski definition) is 3. The third kappa shape index (κ3) is 3.77. The number of aromatic nitrogens is 1. The third-order valence-corrected chi connectivity index (χ3v) is 3.90. The zero-order chi connectivity index (χ0) is 16.2. The van der Waals surface area contributed by atoms with Crippen molar-refractivity contribution in [2.24, 2.45) is 0 Å². The smallest absolute Gasteiger partial charge is 0.145 e. The molecule has 0 aliphatic carbocycles. The Kier molecular flexibility index (Phi) is 5.41. The van der Waals surface area contributed by atoms with Crippen molar-refractivity contribution in [3.05, 3.63) is 35.5 Å². The lowest BCUT2D eigenvalue weighted by Gasteiger charge is -2.21. The average Bonchev–Trinajstić information content (AvgIpc) is 2.49. The van der Waals surface area contributed by atoms with Crippen LogP contribution in [0.1, 0.15) is 51.8 Å². The summed E-state index contributed by atoms with van der Waals surface area (Å²) < 4.78 is 5.51. The first-order valence-corrected chi connectivity index (χ1v) is 8.15. The maximum absolute atomic E-state index is 5.51. The molecule has 0 bridgehead atoms. The number of pyridine rings is 1. The summed E-state index contributed by atoms with van der Waals surface area (Å²) in [6.45, 7) is 10.7. The Morgan fingerprint density at radius 2 is 2.00 bits per heavy atom. The molecule has 2 aromatic rings. The third-order valence-electron chi connectivity index (χ3n) is 3.90. The molecule has 0 saturated carbocycles. The van der Waals surface area contributed by atoms with Gasteiger partial charge in [0.2, 0.25) is 0 Å². The number of nitrogens with one attached hydrogen (secondary N) is 1. The minimum Gasteiger partial charge on any atom is -0.494 e. The second-order valence-electron chi connectivity index (χ2n) is 6.80. The molecule has 0 spiro atoms. The van der Waals surface area contributed by atoms with E-state index in [0.717, 1.165) is 30.0 Å². The van der Waals surface area contributed by atoms with Crippen LogP contribution in [0.25, 0.3) is 10.9 Å². The summed E-state index contributed by atoms with van der Waals surface area (Å²) >= 11 is 0. The van der Waals surface area contributed by atoms with Crippen LogP contribution in [0, 0.1) is 0 Å². The molecule has 0 atom stereocenters. The Morgan fingerprint density at radius 1 is 1.23 bits per heavy atom. The lowest BCUT2D eigenvalue weighted by atomic mass is 9.89. The fourth-order valence-corrected chi connectivity index (χ4v) is 2.51. The van der Waals surface area contributed by atoms with E-state index in [2.05, 4.69) is 45.1 Å². The van der Waals surface area contributed by atoms with Gasteiger partial charge in [0.15, 0.2) is 0 Å². The quantitative estimate of drug-likeness (QED) is 0.801. The Morgan fingerprint density at radius 3 is 2.64 bits per heavy atom. The van der Waals surface area contributed by atoms with Crippen LogP contribution in [-0.2, 0) is 12.0 Å². The van der Waals surface area contributed by atoms with Crippen LogP contribution in [0.3, 0.4) is 0 Å². The number of ether oxygens (including phenoxy) is 1. The van der Waals surface area contributed by atoms with Crippen LogP contribution in [0.5, 0.6) is 5.75 Å². The summed E-state index contributed by atoms with van der Waals surface area (Å²) in [6, 6.07) is 8.39. The molecule has 0 saturated heterocycles. The molecule has 22 heavy (non-hydrogen) atoms. The second kappa shape index (κ2) is 7.10. The van der Waals surface area contributed by atoms with Crippen molar-refractivity contribution >= 4 is 10.9 Å². The first-order valence-electron chi connectivity index (χ1n) is 8.15. The van der Waals surface area contributed by atoms with E-state index >= 15 is 0 Å². The van der Waals surface area contributed by atoms with Gasteiger partial charge < -0.3 is 10.1 Å². The standard InChI is InChI=1S/C19H28N2O/c1-6-7-11-20-13-14-12-17(19(2,3)4)21-18-15(14)9-8-10-16(18)22-5/h8-10,12,20H,6-7,11,13H2,1-5H3. The van der Waals surface area contributed by atoms with Gasteiger partial charge in [0.25, 0.3) is 0 Å². The molecule has 1 aromatic heterocycles. The molecule has 1 N–H and O–H groups in total. The van der Waals surface area contributed by atoms with E-state index in [0.29, 0.717) is 0 Å². The lowest BCUT2D eigenvalue weighted by Crippen LogP contribution is -2.18. The van der Waals surface area contributed by atoms with Gasteiger partial charge in [0, 0.05) is 23.0 Å². The Balaban J connectivity index is 2.47. The van der Waals surface area contributed by atoms with E-state index in [1.54, 1.807) is 7.11 Å². The van der Waals surface area contributed by atoms with Crippen LogP contribution >= 0.6 is 0 Å². The fourth-order valence-electron chi connectivity index (χ4n) is 2.51. The van der Waals surface area contributed by atoms with E-state index in [-0.39, 0.29) is 5.41 Å². The molecular formula is C19H28N2O. The summed E-state index contributed by atoms with van der Waals surface area (Å²) in [7, 11) is 1.71. The van der Waals surface area contributed by atoms with Gasteiger partial charge in [-0.3, -0.25) is 0 Å². The Labute approximate surface area is 134 Å². The van der Waals surface area contributed by atoms with Gasteiger partial charge in [-0.25, -0.2) is 4.98 Å². The van der Waals surface area contributed by atoms with Gasteiger partial charge in [-0.15, -0.1) is 0 Å². The maximum Gasteiger partial charge on any atom is 0.145 e. The molecule has 0 fully saturated rings. The highest BCUT2D eigenvalue weighted by Gasteiger charge is 2.19. The second-order valence-corrected chi connectivity index (χ2v) is 6.80. The number of rotatable bonds is 6. The minimum absolute atomic E-state index is 0.0210. The molecule has 2 rings (SSSR count). The van der Waals surface area contributed by atoms with Gasteiger partial charge in [0.1, 0.15) is 11.3 Å². The number of methoxy groups -OCH3 is 1. The summed E-state index contributed by atoms with van der Waals surface area (Å²) in [5.41, 5.74) is 3.39. The van der Waals surface area contributed by atoms with Gasteiger partial charge in [-0.05, 0) is 30.7 Å². The first kappa shape index (κ1) is 16.8. The highest BCUT2D eigenvalue weighted by atomic mass is 16.5. The van der Waals surface area contributed by atoms with Gasteiger partial charge in [0.05, 0.1) is 7.11 Å². The summed E-state index contributed by atoms with van der Waals surface area (Å²) in [6.07, 6.45) is 2.42. The van der Waals surface area contributed by atoms with E-state index in [4.69, 9.17) is 9.72 Å². The van der Waals surface area contributed by atoms with Crippen molar-refractivity contribution in [1.82, 2.24) is 10.3 Å². The molecule has 3 heteroatoms. The van der Waals surface area contributed by atoms with Crippen molar-refractivity contribution in [3.63, 3.8) is 0 Å². The van der Waals surface area contributed by atoms with Crippen LogP contribution in [0.4, 0.5) is 0 Å². The molecule has 1 heterocycles. The molecule has 1 aromatic carbocycles. The maximum atomic E-state index is 5.51. The Hall–Kier alpha value is -1.61. The summed E-state index contributed by atoms with van der Waals surface area (Å²) in [5.74, 6) is 0.846. The molecule has 3 nitrogen and oxygen atoms in total. The van der Waals surface area contributed by atoms with E-state index < -0.39 is 0 Å². The fraction of sp³-hybridized carbons (Fsp3) is 0.526. The minimum atomic E-state index is 0.0210. The summed E-state index contributed by atoms with van der Waals surface area (Å²) in [4.78, 5) is 4.87. The average molecular weight is 300 g/mol. The van der Waals surface area contributed by atoms with E-state index in [9.17, 15) is 0 Å². The molecule has 0 radical (unpaired) electrons. The van der Waals surface area contributed by atoms with Crippen molar-refractivity contribution in [2.45, 2.75) is 52.5 Å². The topological polar surface area (TPSA) is 34.2 Å². The number of benzene rings is 1. The number of nitrogens with zero attached hydrogens (tertiary/aromatic N) is 1. The van der Waals surface area contributed by atoms with Crippen molar-refractivity contribution in [2.75, 3.05) is 13.7 Å². The zero-order valence-electron chi connectivity index (χ0n) is 14.5. The van der Waals surface area contributed by atoms with Gasteiger partial charge in [-0.2, -0.15) is 0 Å². The van der Waals surface area contributed by atoms with Crippen LogP contribution < -0.4 is 10.1 Å². The summed E-state index contributed by atoms with van der Waals surface area (Å²) in [5, 5.41) is 4.72. The number of unbranched alkanes of at least 4 members (excludes halogenated alkanes) is 1. The Bertz CT molecular complexity index is 629. The molecular weight excluding hydrogens is 272 g/mol. The van der Waals surface area contributed by atoms with Crippen molar-refractivity contribution in [1.29, 1.82) is 0 Å². The molecule has 0 aliphatic heterocycles. The van der Waals surface area contributed by atoms with Crippen molar-refractivity contribution < 1.29 is 4.74 Å². The number of fused-ring (bicyclic) bond motifs is 1. The van der Waals surface area contributed by atoms with Gasteiger partial charge >= 0.3 is 0 Å². The number of hydrogen-bond donors (Lipinski definition) is 1. The first-order chi connectivity index (χ1) is 10.5. The predicted octanol–water partition coefficient (Wildman–Crippen LogP) is 4.43. The van der Waals surface area contributed by atoms with E-state index in [1.165, 1.54) is 23.8 Å². The van der Waals surface area contributed by atoms with Crippen LogP contribution in [-0.4, -0.2) is 18.6 Å². The normalized spacial score (nSPS) is 11.9. The lowest BCUT2D eigenvalue weighted by molar-refractivity contribution is 0.418. The monoisotopic (exact) mass is 300 g/mol. The molecule has 0 amide bonds. The highest BCUT2D eigenvalue weighted by Crippen LogP contribution is 2.30. The van der Waals surface area contributed by atoms with Gasteiger partial charge in [-0.1, -0.05) is 46.2 Å². The predicted molar refractivity (Wildman–Crippen MR) is 93.6 cm³/mol. The molecule has 0 unspecified atom stereocenters. The van der Waals surface area contributed by atoms with Crippen LogP contribution in [0.2, 0.25) is 0 Å². The molecule has 0 aliphatic rings. The van der Waals surface area contributed by atoms with E-state index in [1.807, 2.05) is 12.1 Å². The number of para-hydroxylation sites is 1. The SMILES string of the molecule is CCCCNCc1cc(C(C)(C)C)nc2c(OC)cccc12. The van der Waals surface area contributed by atoms with Crippen LogP contribution in [0.15, 0.2) is 24.3 Å². The largest absolute Gasteiger partial charge is 0.494 e. The molecule has 120 valence electrons.